The molecule has 0 saturated heterocycles. The van der Waals surface area contributed by atoms with Gasteiger partial charge in [-0.25, -0.2) is 15.0 Å². The zero-order chi connectivity index (χ0) is 27.2. The van der Waals surface area contributed by atoms with E-state index in [0.717, 1.165) is 34.0 Å². The fraction of sp³-hybridized carbons (Fsp3) is 0.111. The van der Waals surface area contributed by atoms with Crippen LogP contribution in [0.2, 0.25) is 0 Å². The molecule has 192 valence electrons. The maximum Gasteiger partial charge on any atom is 0.270 e. The minimum absolute atomic E-state index is 0.269. The molecule has 5 rings (SSSR count). The summed E-state index contributed by atoms with van der Waals surface area (Å²) in [5.41, 5.74) is 4.15. The first-order valence-corrected chi connectivity index (χ1v) is 12.5. The summed E-state index contributed by atoms with van der Waals surface area (Å²) < 4.78 is 9.27. The Kier molecular flexibility index (Phi) is 7.42. The first-order valence-electron chi connectivity index (χ1n) is 11.7. The van der Waals surface area contributed by atoms with Crippen LogP contribution in [0, 0.1) is 18.3 Å². The van der Waals surface area contributed by atoms with E-state index in [9.17, 15) is 4.79 Å². The molecule has 0 aliphatic rings. The average Bonchev–Trinajstić information content (AvgIpc) is 3.43. The van der Waals surface area contributed by atoms with E-state index in [4.69, 9.17) is 10.00 Å². The van der Waals surface area contributed by atoms with Crippen molar-refractivity contribution < 1.29 is 9.53 Å². The zero-order valence-electron chi connectivity index (χ0n) is 20.9. The molecule has 5 aromatic heterocycles. The molecule has 0 unspecified atom stereocenters. The molecular formula is C27H21N9O2S. The van der Waals surface area contributed by atoms with Crippen LogP contribution in [-0.2, 0) is 6.54 Å². The van der Waals surface area contributed by atoms with Gasteiger partial charge < -0.3 is 15.4 Å². The van der Waals surface area contributed by atoms with Crippen molar-refractivity contribution in [2.45, 2.75) is 13.5 Å². The van der Waals surface area contributed by atoms with E-state index in [-0.39, 0.29) is 11.6 Å². The minimum atomic E-state index is -0.311. The second-order valence-corrected chi connectivity index (χ2v) is 9.09. The standard InChI is InChI=1S/C27H21N9O2S/c1-16-9-23(34-24-10-20(11-28)39-36-24)35-26(33-16)19-4-7-22(30-15-19)27(37)32-13-17-3-6-21(29-12-17)18-5-8-25(38-2)31-14-18/h3-10,12,14-15H,13H2,1-2H3,(H,32,37)(H,33,34,35,36). The lowest BCUT2D eigenvalue weighted by atomic mass is 10.1. The van der Waals surface area contributed by atoms with Crippen molar-refractivity contribution in [3.63, 3.8) is 0 Å². The van der Waals surface area contributed by atoms with Crippen LogP contribution in [0.5, 0.6) is 5.88 Å². The molecule has 2 N–H and O–H groups in total. The number of methoxy groups -OCH3 is 1. The number of carbonyl (C=O) groups is 1. The number of aromatic nitrogens is 6. The van der Waals surface area contributed by atoms with Gasteiger partial charge in [-0.2, -0.15) is 9.64 Å². The lowest BCUT2D eigenvalue weighted by Gasteiger charge is -2.08. The van der Waals surface area contributed by atoms with Crippen LogP contribution in [0.25, 0.3) is 22.6 Å². The molecule has 0 saturated carbocycles. The van der Waals surface area contributed by atoms with Crippen molar-refractivity contribution in [2.75, 3.05) is 12.4 Å². The number of amides is 1. The molecule has 0 radical (unpaired) electrons. The summed E-state index contributed by atoms with van der Waals surface area (Å²) in [5, 5.41) is 14.9. The predicted octanol–water partition coefficient (Wildman–Crippen LogP) is 4.31. The Labute approximate surface area is 227 Å². The molecule has 12 heteroatoms. The van der Waals surface area contributed by atoms with Gasteiger partial charge in [0.1, 0.15) is 28.3 Å². The summed E-state index contributed by atoms with van der Waals surface area (Å²) in [4.78, 5) is 35.1. The molecule has 39 heavy (non-hydrogen) atoms. The fourth-order valence-electron chi connectivity index (χ4n) is 3.57. The predicted molar refractivity (Wildman–Crippen MR) is 145 cm³/mol. The third-order valence-corrected chi connectivity index (χ3v) is 6.20. The number of nitrogens with zero attached hydrogens (tertiary/aromatic N) is 7. The van der Waals surface area contributed by atoms with Crippen LogP contribution in [-0.4, -0.2) is 42.3 Å². The van der Waals surface area contributed by atoms with Gasteiger partial charge in [-0.3, -0.25) is 14.8 Å². The second-order valence-electron chi connectivity index (χ2n) is 8.29. The van der Waals surface area contributed by atoms with Gasteiger partial charge in [-0.05, 0) is 48.3 Å². The molecule has 0 atom stereocenters. The molecule has 5 heterocycles. The highest BCUT2D eigenvalue weighted by Gasteiger charge is 2.11. The van der Waals surface area contributed by atoms with E-state index >= 15 is 0 Å². The Bertz CT molecular complexity index is 1650. The number of anilines is 2. The Morgan fingerprint density at radius 1 is 0.974 bits per heavy atom. The van der Waals surface area contributed by atoms with Gasteiger partial charge in [-0.1, -0.05) is 6.07 Å². The summed E-state index contributed by atoms with van der Waals surface area (Å²) in [6, 6.07) is 16.3. The van der Waals surface area contributed by atoms with E-state index in [1.165, 1.54) is 0 Å². The van der Waals surface area contributed by atoms with Crippen LogP contribution in [0.3, 0.4) is 0 Å². The molecule has 0 fully saturated rings. The minimum Gasteiger partial charge on any atom is -0.481 e. The number of rotatable bonds is 8. The number of carbonyl (C=O) groups excluding carboxylic acids is 1. The summed E-state index contributed by atoms with van der Waals surface area (Å²) in [6.07, 6.45) is 4.97. The van der Waals surface area contributed by atoms with E-state index in [1.54, 1.807) is 56.0 Å². The number of aryl methyl sites for hydroxylation is 1. The van der Waals surface area contributed by atoms with Crippen LogP contribution < -0.4 is 15.4 Å². The summed E-state index contributed by atoms with van der Waals surface area (Å²) in [7, 11) is 1.57. The molecular weight excluding hydrogens is 514 g/mol. The number of hydrogen-bond donors (Lipinski definition) is 2. The molecule has 0 aliphatic heterocycles. The Morgan fingerprint density at radius 2 is 1.82 bits per heavy atom. The van der Waals surface area contributed by atoms with Gasteiger partial charge in [0.05, 0.1) is 12.8 Å². The van der Waals surface area contributed by atoms with Crippen molar-refractivity contribution in [3.8, 4) is 34.6 Å². The number of ether oxygens (including phenoxy) is 1. The monoisotopic (exact) mass is 535 g/mol. The van der Waals surface area contributed by atoms with E-state index < -0.39 is 0 Å². The molecule has 1 amide bonds. The third-order valence-electron chi connectivity index (χ3n) is 5.50. The van der Waals surface area contributed by atoms with Gasteiger partial charge in [0.15, 0.2) is 5.82 Å². The van der Waals surface area contributed by atoms with Crippen molar-refractivity contribution in [1.82, 2.24) is 34.6 Å². The van der Waals surface area contributed by atoms with Gasteiger partial charge in [0.2, 0.25) is 5.88 Å². The lowest BCUT2D eigenvalue weighted by molar-refractivity contribution is 0.0946. The second kappa shape index (κ2) is 11.4. The number of pyridine rings is 3. The van der Waals surface area contributed by atoms with Gasteiger partial charge in [0.25, 0.3) is 5.91 Å². The maximum absolute atomic E-state index is 12.7. The largest absolute Gasteiger partial charge is 0.481 e. The van der Waals surface area contributed by atoms with Crippen LogP contribution in [0.15, 0.2) is 67.1 Å². The van der Waals surface area contributed by atoms with E-state index in [2.05, 4.69) is 46.0 Å². The quantitative estimate of drug-likeness (QED) is 0.294. The smallest absolute Gasteiger partial charge is 0.270 e. The molecule has 5 aromatic rings. The van der Waals surface area contributed by atoms with Crippen LogP contribution in [0.4, 0.5) is 11.6 Å². The molecule has 0 aromatic carbocycles. The summed E-state index contributed by atoms with van der Waals surface area (Å²) >= 11 is 1.11. The highest BCUT2D eigenvalue weighted by molar-refractivity contribution is 7.06. The zero-order valence-corrected chi connectivity index (χ0v) is 21.7. The molecule has 0 aliphatic carbocycles. The van der Waals surface area contributed by atoms with Crippen molar-refractivity contribution in [3.05, 3.63) is 88.9 Å². The number of nitrogens with one attached hydrogen (secondary N) is 2. The number of hydrogen-bond acceptors (Lipinski definition) is 11. The fourth-order valence-corrected chi connectivity index (χ4v) is 4.07. The molecule has 0 bridgehead atoms. The highest BCUT2D eigenvalue weighted by atomic mass is 32.1. The maximum atomic E-state index is 12.7. The summed E-state index contributed by atoms with van der Waals surface area (Å²) in [5.74, 6) is 1.75. The van der Waals surface area contributed by atoms with Gasteiger partial charge in [-0.15, -0.1) is 0 Å². The topological polar surface area (TPSA) is 151 Å². The lowest BCUT2D eigenvalue weighted by Crippen LogP contribution is -2.23. The highest BCUT2D eigenvalue weighted by Crippen LogP contribution is 2.22. The Morgan fingerprint density at radius 3 is 2.49 bits per heavy atom. The van der Waals surface area contributed by atoms with Crippen LogP contribution in [0.1, 0.15) is 26.6 Å². The van der Waals surface area contributed by atoms with Gasteiger partial charge >= 0.3 is 0 Å². The van der Waals surface area contributed by atoms with Gasteiger partial charge in [0, 0.05) is 60.2 Å². The Balaban J connectivity index is 1.21. The molecule has 11 nitrogen and oxygen atoms in total. The van der Waals surface area contributed by atoms with Crippen molar-refractivity contribution in [2.24, 2.45) is 0 Å². The third kappa shape index (κ3) is 6.17. The normalized spacial score (nSPS) is 10.5. The Hall–Kier alpha value is -5.28. The SMILES string of the molecule is COc1ccc(-c2ccc(CNC(=O)c3ccc(-c4nc(C)cc(Nc5cc(C#N)sn5)n4)cn3)cn2)cn1. The average molecular weight is 536 g/mol. The van der Waals surface area contributed by atoms with E-state index in [0.29, 0.717) is 40.3 Å². The number of nitriles is 1. The van der Waals surface area contributed by atoms with Crippen molar-refractivity contribution in [1.29, 1.82) is 5.26 Å². The molecule has 0 spiro atoms. The van der Waals surface area contributed by atoms with E-state index in [1.807, 2.05) is 25.1 Å². The summed E-state index contributed by atoms with van der Waals surface area (Å²) in [6.45, 7) is 2.15. The first-order chi connectivity index (χ1) is 19.0. The van der Waals surface area contributed by atoms with Crippen molar-refractivity contribution >= 4 is 29.1 Å². The first kappa shape index (κ1) is 25.4. The van der Waals surface area contributed by atoms with Crippen LogP contribution >= 0.6 is 11.5 Å².